The Hall–Kier alpha value is -0.750. The predicted octanol–water partition coefficient (Wildman–Crippen LogP) is 2.29. The van der Waals surface area contributed by atoms with Crippen molar-refractivity contribution in [1.29, 1.82) is 0 Å². The van der Waals surface area contributed by atoms with Gasteiger partial charge in [-0.25, -0.2) is 4.57 Å². The maximum atomic E-state index is 11.9. The largest absolute Gasteiger partial charge is 0.472 e. The number of carbonyl (C=O) groups is 2. The highest BCUT2D eigenvalue weighted by molar-refractivity contribution is 7.47. The van der Waals surface area contributed by atoms with E-state index in [4.69, 9.17) is 4.89 Å². The molecule has 1 heterocycles. The average Bonchev–Trinajstić information content (AvgIpc) is 2.45. The van der Waals surface area contributed by atoms with Gasteiger partial charge < -0.3 is 10.2 Å². The summed E-state index contributed by atoms with van der Waals surface area (Å²) in [5.74, 6) is -0.000509. The second kappa shape index (κ2) is 9.40. The van der Waals surface area contributed by atoms with Crippen molar-refractivity contribution in [3.05, 3.63) is 0 Å². The van der Waals surface area contributed by atoms with Crippen molar-refractivity contribution in [1.82, 2.24) is 5.32 Å². The molecule has 130 valence electrons. The molecule has 1 saturated heterocycles. The van der Waals surface area contributed by atoms with Crippen LogP contribution in [0.1, 0.15) is 47.5 Å². The zero-order valence-corrected chi connectivity index (χ0v) is 14.9. The molecule has 1 aliphatic rings. The summed E-state index contributed by atoms with van der Waals surface area (Å²) >= 11 is 0. The normalized spacial score (nSPS) is 20.9. The molecule has 0 aromatic rings. The molecule has 0 aromatic carbocycles. The minimum absolute atomic E-state index is 0.0300. The van der Waals surface area contributed by atoms with E-state index in [0.29, 0.717) is 19.4 Å². The average molecular weight is 337 g/mol. The van der Waals surface area contributed by atoms with E-state index >= 15 is 0 Å². The zero-order valence-electron chi connectivity index (χ0n) is 14.0. The second-order valence-corrected chi connectivity index (χ2v) is 6.52. The maximum Gasteiger partial charge on any atom is 0.472 e. The van der Waals surface area contributed by atoms with Crippen molar-refractivity contribution in [2.75, 3.05) is 19.8 Å². The molecule has 2 N–H and O–H groups in total. The van der Waals surface area contributed by atoms with Crippen molar-refractivity contribution >= 4 is 19.5 Å². The second-order valence-electron chi connectivity index (χ2n) is 5.07. The topological polar surface area (TPSA) is 102 Å². The van der Waals surface area contributed by atoms with Crippen LogP contribution in [0, 0.1) is 11.3 Å². The van der Waals surface area contributed by atoms with E-state index < -0.39 is 13.2 Å². The molecule has 0 radical (unpaired) electrons. The van der Waals surface area contributed by atoms with E-state index in [1.807, 2.05) is 20.8 Å². The molecular weight excluding hydrogens is 309 g/mol. The first-order valence-corrected chi connectivity index (χ1v) is 9.14. The molecule has 1 amide bonds. The van der Waals surface area contributed by atoms with Gasteiger partial charge in [0.1, 0.15) is 5.41 Å². The molecule has 0 spiro atoms. The third-order valence-corrected chi connectivity index (χ3v) is 4.88. The van der Waals surface area contributed by atoms with Crippen LogP contribution in [0.3, 0.4) is 0 Å². The van der Waals surface area contributed by atoms with Gasteiger partial charge in [0, 0.05) is 12.5 Å². The van der Waals surface area contributed by atoms with Crippen LogP contribution in [0.25, 0.3) is 0 Å². The summed E-state index contributed by atoms with van der Waals surface area (Å²) in [7, 11) is -3.69. The minimum Gasteiger partial charge on any atom is -0.355 e. The van der Waals surface area contributed by atoms with Crippen LogP contribution in [-0.4, -0.2) is 36.3 Å². The molecule has 0 aliphatic carbocycles. The lowest BCUT2D eigenvalue weighted by molar-refractivity contribution is -0.148. The van der Waals surface area contributed by atoms with Crippen LogP contribution in [0.5, 0.6) is 0 Å². The molecular formula is C14H28NO6P. The van der Waals surface area contributed by atoms with Gasteiger partial charge in [0.2, 0.25) is 5.91 Å². The zero-order chi connectivity index (χ0) is 17.4. The van der Waals surface area contributed by atoms with Crippen LogP contribution in [0.4, 0.5) is 0 Å². The Bertz CT molecular complexity index is 412. The van der Waals surface area contributed by atoms with Gasteiger partial charge in [-0.3, -0.25) is 18.6 Å². The fourth-order valence-corrected chi connectivity index (χ4v) is 3.10. The molecule has 1 fully saturated rings. The molecule has 1 atom stereocenters. The molecule has 7 nitrogen and oxygen atoms in total. The van der Waals surface area contributed by atoms with E-state index in [1.165, 1.54) is 0 Å². The van der Waals surface area contributed by atoms with E-state index in [9.17, 15) is 14.2 Å². The summed E-state index contributed by atoms with van der Waals surface area (Å²) in [5, 5.41) is 2.80. The van der Waals surface area contributed by atoms with Gasteiger partial charge in [-0.05, 0) is 26.7 Å². The highest BCUT2D eigenvalue weighted by Gasteiger charge is 2.47. The monoisotopic (exact) mass is 337 g/mol. The number of phosphoric ester groups is 1. The summed E-state index contributed by atoms with van der Waals surface area (Å²) in [6.45, 7) is 9.81. The number of carbonyl (C=O) groups excluding carboxylic acids is 2. The lowest BCUT2D eigenvalue weighted by Gasteiger charge is -2.35. The van der Waals surface area contributed by atoms with Crippen molar-refractivity contribution in [2.45, 2.75) is 47.5 Å². The number of ketones is 1. The lowest BCUT2D eigenvalue weighted by atomic mass is 9.71. The first-order valence-electron chi connectivity index (χ1n) is 7.65. The summed E-state index contributed by atoms with van der Waals surface area (Å²) < 4.78 is 19.2. The number of rotatable bonds is 6. The van der Waals surface area contributed by atoms with Gasteiger partial charge in [-0.2, -0.15) is 0 Å². The minimum atomic E-state index is -3.69. The van der Waals surface area contributed by atoms with Gasteiger partial charge in [0.25, 0.3) is 0 Å². The van der Waals surface area contributed by atoms with Gasteiger partial charge >= 0.3 is 7.82 Å². The van der Waals surface area contributed by atoms with Gasteiger partial charge in [0.05, 0.1) is 13.2 Å². The fourth-order valence-electron chi connectivity index (χ4n) is 2.37. The summed E-state index contributed by atoms with van der Waals surface area (Å²) in [4.78, 5) is 32.1. The van der Waals surface area contributed by atoms with Gasteiger partial charge in [0.15, 0.2) is 5.78 Å². The Morgan fingerprint density at radius 3 is 1.95 bits per heavy atom. The van der Waals surface area contributed by atoms with Crippen LogP contribution >= 0.6 is 7.82 Å². The molecule has 8 heteroatoms. The quantitative estimate of drug-likeness (QED) is 0.569. The molecule has 0 unspecified atom stereocenters. The smallest absolute Gasteiger partial charge is 0.355 e. The number of hydrogen-bond acceptors (Lipinski definition) is 5. The predicted molar refractivity (Wildman–Crippen MR) is 83.3 cm³/mol. The number of piperidine rings is 1. The van der Waals surface area contributed by atoms with E-state index in [0.717, 1.165) is 0 Å². The van der Waals surface area contributed by atoms with Crippen molar-refractivity contribution in [3.8, 4) is 0 Å². The SMILES string of the molecule is CCC1(CC)C(=O)NC[C@@H](C)C1=O.CCOP(=O)(O)OCC. The number of Topliss-reactive ketones (excluding diaryl/α,β-unsaturated/α-hetero) is 1. The van der Waals surface area contributed by atoms with Gasteiger partial charge in [-0.15, -0.1) is 0 Å². The molecule has 1 aliphatic heterocycles. The van der Waals surface area contributed by atoms with Crippen molar-refractivity contribution in [2.24, 2.45) is 11.3 Å². The van der Waals surface area contributed by atoms with Crippen LogP contribution < -0.4 is 5.32 Å². The molecule has 0 saturated carbocycles. The Kier molecular flexibility index (Phi) is 9.08. The molecule has 1 rings (SSSR count). The Labute approximate surface area is 132 Å². The van der Waals surface area contributed by atoms with Gasteiger partial charge in [-0.1, -0.05) is 20.8 Å². The summed E-state index contributed by atoms with van der Waals surface area (Å²) in [5.41, 5.74) is -0.738. The van der Waals surface area contributed by atoms with Crippen molar-refractivity contribution < 1.29 is 28.1 Å². The van der Waals surface area contributed by atoms with Crippen LogP contribution in [0.2, 0.25) is 0 Å². The summed E-state index contributed by atoms with van der Waals surface area (Å²) in [6, 6.07) is 0. The fraction of sp³-hybridized carbons (Fsp3) is 0.857. The molecule has 22 heavy (non-hydrogen) atoms. The highest BCUT2D eigenvalue weighted by atomic mass is 31.2. The molecule has 0 bridgehead atoms. The third kappa shape index (κ3) is 5.47. The molecule has 0 aromatic heterocycles. The van der Waals surface area contributed by atoms with E-state index in [-0.39, 0.29) is 30.8 Å². The number of phosphoric acid groups is 1. The van der Waals surface area contributed by atoms with E-state index in [2.05, 4.69) is 14.4 Å². The maximum absolute atomic E-state index is 11.9. The number of amides is 1. The van der Waals surface area contributed by atoms with E-state index in [1.54, 1.807) is 13.8 Å². The Morgan fingerprint density at radius 2 is 1.64 bits per heavy atom. The number of hydrogen-bond donors (Lipinski definition) is 2. The third-order valence-electron chi connectivity index (χ3n) is 3.71. The summed E-state index contributed by atoms with van der Waals surface area (Å²) in [6.07, 6.45) is 1.22. The first-order chi connectivity index (χ1) is 10.2. The van der Waals surface area contributed by atoms with Crippen LogP contribution in [-0.2, 0) is 23.2 Å². The Balaban J connectivity index is 0.000000433. The highest BCUT2D eigenvalue weighted by Crippen LogP contribution is 2.42. The van der Waals surface area contributed by atoms with Crippen LogP contribution in [0.15, 0.2) is 0 Å². The first kappa shape index (κ1) is 21.2. The lowest BCUT2D eigenvalue weighted by Crippen LogP contribution is -2.55. The van der Waals surface area contributed by atoms with Crippen molar-refractivity contribution in [3.63, 3.8) is 0 Å². The number of nitrogens with one attached hydrogen (secondary N) is 1. The standard InChI is InChI=1S/C10H17NO2.C4H11O4P/c1-4-10(5-2)8(12)7(3)6-11-9(10)13;1-3-7-9(5,6)8-4-2/h7H,4-6H2,1-3H3,(H,11,13);3-4H2,1-2H3,(H,5,6)/t7-;/m1./s1. The Morgan fingerprint density at radius 1 is 1.18 bits per heavy atom.